The number of rotatable bonds is 5. The molecule has 1 aromatic heterocycles. The average molecular weight is 331 g/mol. The Kier molecular flexibility index (Phi) is 5.16. The quantitative estimate of drug-likeness (QED) is 0.771. The molecule has 0 saturated heterocycles. The highest BCUT2D eigenvalue weighted by Gasteiger charge is 2.20. The van der Waals surface area contributed by atoms with Crippen LogP contribution in [0.5, 0.6) is 5.75 Å². The van der Waals surface area contributed by atoms with Gasteiger partial charge in [0.25, 0.3) is 0 Å². The van der Waals surface area contributed by atoms with Gasteiger partial charge in [0.15, 0.2) is 10.6 Å². The zero-order valence-corrected chi connectivity index (χ0v) is 14.7. The maximum atomic E-state index is 5.75. The first-order chi connectivity index (χ1) is 11.1. The van der Waals surface area contributed by atoms with Crippen LogP contribution in [0.4, 0.5) is 0 Å². The molecule has 1 saturated carbocycles. The number of nitrogens with zero attached hydrogens (tertiary/aromatic N) is 2. The maximum absolute atomic E-state index is 5.75. The smallest absolute Gasteiger partial charge is 0.195 e. The van der Waals surface area contributed by atoms with Crippen molar-refractivity contribution in [1.82, 2.24) is 14.8 Å². The van der Waals surface area contributed by atoms with E-state index in [1.807, 2.05) is 12.1 Å². The molecule has 4 nitrogen and oxygen atoms in total. The molecule has 1 aromatic carbocycles. The molecule has 0 radical (unpaired) electrons. The van der Waals surface area contributed by atoms with Crippen molar-refractivity contribution in [3.63, 3.8) is 0 Å². The van der Waals surface area contributed by atoms with Crippen molar-refractivity contribution in [2.75, 3.05) is 6.61 Å². The average Bonchev–Trinajstić information content (AvgIpc) is 2.96. The van der Waals surface area contributed by atoms with Crippen molar-refractivity contribution in [3.8, 4) is 17.1 Å². The zero-order valence-electron chi connectivity index (χ0n) is 13.9. The summed E-state index contributed by atoms with van der Waals surface area (Å²) in [6, 6.07) is 8.64. The molecular weight excluding hydrogens is 306 g/mol. The van der Waals surface area contributed by atoms with Crippen LogP contribution in [-0.2, 0) is 0 Å². The summed E-state index contributed by atoms with van der Waals surface area (Å²) in [7, 11) is 0. The van der Waals surface area contributed by atoms with Gasteiger partial charge in [-0.3, -0.25) is 9.67 Å². The monoisotopic (exact) mass is 331 g/mol. The number of hydrogen-bond acceptors (Lipinski definition) is 3. The Hall–Kier alpha value is -1.62. The fraction of sp³-hybridized carbons (Fsp3) is 0.556. The molecule has 23 heavy (non-hydrogen) atoms. The van der Waals surface area contributed by atoms with Gasteiger partial charge in [0.1, 0.15) is 5.75 Å². The normalized spacial score (nSPS) is 16.0. The van der Waals surface area contributed by atoms with E-state index in [0.29, 0.717) is 12.0 Å². The lowest BCUT2D eigenvalue weighted by Crippen LogP contribution is -2.14. The largest absolute Gasteiger partial charge is 0.493 e. The third kappa shape index (κ3) is 3.83. The minimum absolute atomic E-state index is 0.474. The van der Waals surface area contributed by atoms with E-state index in [1.54, 1.807) is 0 Å². The number of benzene rings is 1. The van der Waals surface area contributed by atoms with Gasteiger partial charge in [-0.15, -0.1) is 0 Å². The first kappa shape index (κ1) is 16.2. The van der Waals surface area contributed by atoms with Gasteiger partial charge in [-0.2, -0.15) is 5.10 Å². The first-order valence-electron chi connectivity index (χ1n) is 8.55. The summed E-state index contributed by atoms with van der Waals surface area (Å²) in [4.78, 5) is 0. The Labute approximate surface area is 142 Å². The number of nitrogens with one attached hydrogen (secondary N) is 1. The maximum Gasteiger partial charge on any atom is 0.195 e. The molecule has 1 aliphatic rings. The van der Waals surface area contributed by atoms with Gasteiger partial charge >= 0.3 is 0 Å². The molecule has 0 bridgehead atoms. The summed E-state index contributed by atoms with van der Waals surface area (Å²) in [5, 5.41) is 7.44. The van der Waals surface area contributed by atoms with E-state index in [4.69, 9.17) is 17.0 Å². The molecule has 0 unspecified atom stereocenters. The highest BCUT2D eigenvalue weighted by atomic mass is 32.1. The molecule has 5 heteroatoms. The zero-order chi connectivity index (χ0) is 16.2. The van der Waals surface area contributed by atoms with Crippen molar-refractivity contribution in [3.05, 3.63) is 29.0 Å². The van der Waals surface area contributed by atoms with Gasteiger partial charge in [-0.05, 0) is 55.2 Å². The lowest BCUT2D eigenvalue weighted by Gasteiger charge is -2.24. The topological polar surface area (TPSA) is 42.8 Å². The minimum atomic E-state index is 0.474. The number of H-pyrrole nitrogens is 1. The fourth-order valence-corrected chi connectivity index (χ4v) is 3.43. The van der Waals surface area contributed by atoms with Crippen LogP contribution in [0.25, 0.3) is 11.4 Å². The molecule has 0 atom stereocenters. The Bertz CT molecular complexity index is 681. The number of hydrogen-bond donors (Lipinski definition) is 1. The predicted octanol–water partition coefficient (Wildman–Crippen LogP) is 5.15. The van der Waals surface area contributed by atoms with Crippen LogP contribution < -0.4 is 4.74 Å². The summed E-state index contributed by atoms with van der Waals surface area (Å²) in [6.45, 7) is 5.03. The Balaban J connectivity index is 1.83. The molecule has 1 fully saturated rings. The lowest BCUT2D eigenvalue weighted by atomic mass is 9.95. The van der Waals surface area contributed by atoms with E-state index in [2.05, 4.69) is 40.7 Å². The van der Waals surface area contributed by atoms with E-state index < -0.39 is 0 Å². The highest BCUT2D eigenvalue weighted by molar-refractivity contribution is 7.71. The van der Waals surface area contributed by atoms with E-state index in [-0.39, 0.29) is 0 Å². The SMILES string of the molecule is CC(C)COc1ccc(-c2n[nH]c(=S)n2C2CCCCC2)cc1. The van der Waals surface area contributed by atoms with Crippen molar-refractivity contribution < 1.29 is 4.74 Å². The Morgan fingerprint density at radius 3 is 2.57 bits per heavy atom. The van der Waals surface area contributed by atoms with Gasteiger partial charge in [0, 0.05) is 11.6 Å². The van der Waals surface area contributed by atoms with Crippen LogP contribution in [0, 0.1) is 10.7 Å². The second-order valence-electron chi connectivity index (χ2n) is 6.74. The molecule has 1 aliphatic carbocycles. The van der Waals surface area contributed by atoms with Crippen LogP contribution in [0.1, 0.15) is 52.0 Å². The fourth-order valence-electron chi connectivity index (χ4n) is 3.15. The second kappa shape index (κ2) is 7.30. The first-order valence-corrected chi connectivity index (χ1v) is 8.96. The van der Waals surface area contributed by atoms with Crippen LogP contribution in [0.2, 0.25) is 0 Å². The van der Waals surface area contributed by atoms with E-state index in [0.717, 1.165) is 28.5 Å². The molecule has 2 aromatic rings. The standard InChI is InChI=1S/C18H25N3OS/c1-13(2)12-22-16-10-8-14(9-11-16)17-19-20-18(23)21(17)15-6-4-3-5-7-15/h8-11,13,15H,3-7,12H2,1-2H3,(H,20,23). The van der Waals surface area contributed by atoms with Crippen LogP contribution in [0.15, 0.2) is 24.3 Å². The van der Waals surface area contributed by atoms with Crippen molar-refractivity contribution >= 4 is 12.2 Å². The molecule has 1 heterocycles. The van der Waals surface area contributed by atoms with E-state index in [1.165, 1.54) is 32.1 Å². The predicted molar refractivity (Wildman–Crippen MR) is 95.3 cm³/mol. The highest BCUT2D eigenvalue weighted by Crippen LogP contribution is 2.32. The Morgan fingerprint density at radius 2 is 1.91 bits per heavy atom. The minimum Gasteiger partial charge on any atom is -0.493 e. The van der Waals surface area contributed by atoms with Gasteiger partial charge in [0.2, 0.25) is 0 Å². The molecule has 0 spiro atoms. The summed E-state index contributed by atoms with van der Waals surface area (Å²) in [5.41, 5.74) is 1.08. The van der Waals surface area contributed by atoms with Gasteiger partial charge in [-0.25, -0.2) is 0 Å². The number of ether oxygens (including phenoxy) is 1. The third-order valence-corrected chi connectivity index (χ3v) is 4.63. The van der Waals surface area contributed by atoms with E-state index in [9.17, 15) is 0 Å². The summed E-state index contributed by atoms with van der Waals surface area (Å²) < 4.78 is 8.69. The van der Waals surface area contributed by atoms with Crippen LogP contribution in [-0.4, -0.2) is 21.4 Å². The molecule has 1 N–H and O–H groups in total. The lowest BCUT2D eigenvalue weighted by molar-refractivity contribution is 0.271. The summed E-state index contributed by atoms with van der Waals surface area (Å²) >= 11 is 5.47. The van der Waals surface area contributed by atoms with Gasteiger partial charge < -0.3 is 4.74 Å². The summed E-state index contributed by atoms with van der Waals surface area (Å²) in [6.07, 6.45) is 6.27. The molecule has 0 amide bonds. The molecular formula is C18H25N3OS. The summed E-state index contributed by atoms with van der Waals surface area (Å²) in [5.74, 6) is 2.37. The second-order valence-corrected chi connectivity index (χ2v) is 7.13. The molecule has 0 aliphatic heterocycles. The number of aromatic nitrogens is 3. The van der Waals surface area contributed by atoms with Gasteiger partial charge in [0.05, 0.1) is 6.61 Å². The Morgan fingerprint density at radius 1 is 1.22 bits per heavy atom. The van der Waals surface area contributed by atoms with Crippen molar-refractivity contribution in [1.29, 1.82) is 0 Å². The van der Waals surface area contributed by atoms with E-state index >= 15 is 0 Å². The van der Waals surface area contributed by atoms with Crippen molar-refractivity contribution in [2.45, 2.75) is 52.0 Å². The molecule has 124 valence electrons. The van der Waals surface area contributed by atoms with Gasteiger partial charge in [-0.1, -0.05) is 33.1 Å². The van der Waals surface area contributed by atoms with Crippen molar-refractivity contribution in [2.24, 2.45) is 5.92 Å². The third-order valence-electron chi connectivity index (χ3n) is 4.34. The number of aromatic amines is 1. The van der Waals surface area contributed by atoms with Crippen LogP contribution >= 0.6 is 12.2 Å². The van der Waals surface area contributed by atoms with Crippen LogP contribution in [0.3, 0.4) is 0 Å². The molecule has 3 rings (SSSR count).